The lowest BCUT2D eigenvalue weighted by molar-refractivity contribution is 0.415. The molecular formula is C15H11N3O. The van der Waals surface area contributed by atoms with Crippen molar-refractivity contribution in [3.63, 3.8) is 0 Å². The number of hydrogen-bond donors (Lipinski definition) is 0. The summed E-state index contributed by atoms with van der Waals surface area (Å²) < 4.78 is 7.02. The van der Waals surface area contributed by atoms with Crippen LogP contribution in [0, 0.1) is 22.7 Å². The van der Waals surface area contributed by atoms with Gasteiger partial charge in [-0.05, 0) is 42.0 Å². The zero-order valence-electron chi connectivity index (χ0n) is 10.4. The molecule has 0 aliphatic heterocycles. The van der Waals surface area contributed by atoms with E-state index in [9.17, 15) is 0 Å². The molecule has 0 bridgehead atoms. The van der Waals surface area contributed by atoms with Crippen LogP contribution in [0.4, 0.5) is 0 Å². The maximum Gasteiger partial charge on any atom is 0.130 e. The Hall–Kier alpha value is -2.98. The van der Waals surface area contributed by atoms with Gasteiger partial charge in [-0.15, -0.1) is 0 Å². The lowest BCUT2D eigenvalue weighted by Crippen LogP contribution is -1.89. The van der Waals surface area contributed by atoms with Gasteiger partial charge in [0.25, 0.3) is 0 Å². The number of ether oxygens (including phenoxy) is 1. The van der Waals surface area contributed by atoms with Crippen LogP contribution in [-0.4, -0.2) is 11.7 Å². The Labute approximate surface area is 111 Å². The Morgan fingerprint density at radius 3 is 2.42 bits per heavy atom. The van der Waals surface area contributed by atoms with Gasteiger partial charge in [0.2, 0.25) is 0 Å². The van der Waals surface area contributed by atoms with Gasteiger partial charge in [-0.1, -0.05) is 0 Å². The fourth-order valence-electron chi connectivity index (χ4n) is 1.67. The summed E-state index contributed by atoms with van der Waals surface area (Å²) in [5.41, 5.74) is 1.89. The largest absolute Gasteiger partial charge is 0.497 e. The standard InChI is InChI=1S/C15H11N3O/c1-19-15-4-2-14(3-5-15)18-7-6-12(11-18)8-13(9-16)10-17/h2-8,11H,1H3. The third-order valence-electron chi connectivity index (χ3n) is 2.64. The number of rotatable bonds is 3. The van der Waals surface area contributed by atoms with Crippen molar-refractivity contribution in [2.75, 3.05) is 7.11 Å². The fraction of sp³-hybridized carbons (Fsp3) is 0.0667. The van der Waals surface area contributed by atoms with Gasteiger partial charge >= 0.3 is 0 Å². The average molecular weight is 249 g/mol. The van der Waals surface area contributed by atoms with Crippen molar-refractivity contribution >= 4 is 6.08 Å². The van der Waals surface area contributed by atoms with Gasteiger partial charge in [0.15, 0.2) is 0 Å². The van der Waals surface area contributed by atoms with E-state index in [0.717, 1.165) is 17.0 Å². The molecule has 0 saturated heterocycles. The zero-order chi connectivity index (χ0) is 13.7. The van der Waals surface area contributed by atoms with Crippen molar-refractivity contribution in [3.05, 3.63) is 53.9 Å². The van der Waals surface area contributed by atoms with Gasteiger partial charge in [0.05, 0.1) is 7.11 Å². The first-order valence-electron chi connectivity index (χ1n) is 5.61. The van der Waals surface area contributed by atoms with Crippen LogP contribution in [-0.2, 0) is 0 Å². The summed E-state index contributed by atoms with van der Waals surface area (Å²) in [6.45, 7) is 0. The summed E-state index contributed by atoms with van der Waals surface area (Å²) in [5, 5.41) is 17.4. The third kappa shape index (κ3) is 2.83. The van der Waals surface area contributed by atoms with Gasteiger partial charge < -0.3 is 9.30 Å². The Morgan fingerprint density at radius 1 is 1.16 bits per heavy atom. The minimum absolute atomic E-state index is 0.0903. The number of nitrogens with zero attached hydrogens (tertiary/aromatic N) is 3. The highest BCUT2D eigenvalue weighted by Crippen LogP contribution is 2.17. The van der Waals surface area contributed by atoms with Gasteiger partial charge in [0.1, 0.15) is 23.5 Å². The van der Waals surface area contributed by atoms with E-state index < -0.39 is 0 Å². The quantitative estimate of drug-likeness (QED) is 0.786. The van der Waals surface area contributed by atoms with Crippen LogP contribution in [0.5, 0.6) is 5.75 Å². The van der Waals surface area contributed by atoms with Crippen molar-refractivity contribution in [1.29, 1.82) is 10.5 Å². The monoisotopic (exact) mass is 249 g/mol. The smallest absolute Gasteiger partial charge is 0.130 e. The number of allylic oxidation sites excluding steroid dienone is 1. The molecule has 1 aromatic heterocycles. The van der Waals surface area contributed by atoms with Crippen molar-refractivity contribution in [2.45, 2.75) is 0 Å². The van der Waals surface area contributed by atoms with E-state index in [1.807, 2.05) is 59.4 Å². The molecule has 0 radical (unpaired) electrons. The van der Waals surface area contributed by atoms with Crippen LogP contribution < -0.4 is 4.74 Å². The molecule has 4 heteroatoms. The summed E-state index contributed by atoms with van der Waals surface area (Å²) in [6, 6.07) is 13.1. The molecule has 2 rings (SSSR count). The number of nitriles is 2. The van der Waals surface area contributed by atoms with Gasteiger partial charge in [-0.3, -0.25) is 0 Å². The van der Waals surface area contributed by atoms with Crippen molar-refractivity contribution in [2.24, 2.45) is 0 Å². The maximum absolute atomic E-state index is 8.71. The lowest BCUT2D eigenvalue weighted by Gasteiger charge is -2.04. The molecule has 92 valence electrons. The molecule has 0 N–H and O–H groups in total. The van der Waals surface area contributed by atoms with Gasteiger partial charge in [-0.25, -0.2) is 0 Å². The molecule has 4 nitrogen and oxygen atoms in total. The maximum atomic E-state index is 8.71. The molecule has 0 spiro atoms. The first-order valence-corrected chi connectivity index (χ1v) is 5.61. The Morgan fingerprint density at radius 2 is 1.84 bits per heavy atom. The third-order valence-corrected chi connectivity index (χ3v) is 2.64. The molecule has 0 saturated carbocycles. The normalized spacial score (nSPS) is 9.21. The molecule has 0 atom stereocenters. The summed E-state index contributed by atoms with van der Waals surface area (Å²) >= 11 is 0. The number of aromatic nitrogens is 1. The molecule has 1 aromatic carbocycles. The number of benzene rings is 1. The van der Waals surface area contributed by atoms with Crippen LogP contribution in [0.3, 0.4) is 0 Å². The fourth-order valence-corrected chi connectivity index (χ4v) is 1.67. The summed E-state index contributed by atoms with van der Waals surface area (Å²) in [7, 11) is 1.62. The topological polar surface area (TPSA) is 61.7 Å². The minimum atomic E-state index is 0.0903. The Kier molecular flexibility index (Phi) is 3.66. The predicted molar refractivity (Wildman–Crippen MR) is 71.5 cm³/mol. The molecular weight excluding hydrogens is 238 g/mol. The molecule has 0 aliphatic rings. The van der Waals surface area contributed by atoms with Gasteiger partial charge in [0, 0.05) is 18.1 Å². The van der Waals surface area contributed by atoms with E-state index in [-0.39, 0.29) is 5.57 Å². The van der Waals surface area contributed by atoms with E-state index in [0.29, 0.717) is 0 Å². The molecule has 2 aromatic rings. The van der Waals surface area contributed by atoms with E-state index in [1.54, 1.807) is 13.2 Å². The lowest BCUT2D eigenvalue weighted by atomic mass is 10.2. The highest BCUT2D eigenvalue weighted by Gasteiger charge is 2.00. The predicted octanol–water partition coefficient (Wildman–Crippen LogP) is 2.92. The van der Waals surface area contributed by atoms with Crippen LogP contribution in [0.1, 0.15) is 5.56 Å². The second kappa shape index (κ2) is 5.57. The summed E-state index contributed by atoms with van der Waals surface area (Å²) in [5.74, 6) is 0.798. The first-order chi connectivity index (χ1) is 9.26. The van der Waals surface area contributed by atoms with Gasteiger partial charge in [-0.2, -0.15) is 10.5 Å². The highest BCUT2D eigenvalue weighted by molar-refractivity contribution is 5.62. The Balaban J connectivity index is 2.28. The number of hydrogen-bond acceptors (Lipinski definition) is 3. The Bertz CT molecular complexity index is 665. The second-order valence-corrected chi connectivity index (χ2v) is 3.83. The van der Waals surface area contributed by atoms with Crippen molar-refractivity contribution < 1.29 is 4.74 Å². The van der Waals surface area contributed by atoms with Crippen LogP contribution >= 0.6 is 0 Å². The first kappa shape index (κ1) is 12.5. The SMILES string of the molecule is COc1ccc(-n2ccc(C=C(C#N)C#N)c2)cc1. The molecule has 0 amide bonds. The average Bonchev–Trinajstić information content (AvgIpc) is 2.93. The zero-order valence-corrected chi connectivity index (χ0v) is 10.4. The molecule has 0 fully saturated rings. The van der Waals surface area contributed by atoms with Crippen molar-refractivity contribution in [1.82, 2.24) is 4.57 Å². The van der Waals surface area contributed by atoms with Crippen molar-refractivity contribution in [3.8, 4) is 23.6 Å². The summed E-state index contributed by atoms with van der Waals surface area (Å²) in [6.07, 6.45) is 5.29. The second-order valence-electron chi connectivity index (χ2n) is 3.83. The molecule has 19 heavy (non-hydrogen) atoms. The van der Waals surface area contributed by atoms with E-state index in [1.165, 1.54) is 0 Å². The minimum Gasteiger partial charge on any atom is -0.497 e. The van der Waals surface area contributed by atoms with E-state index in [2.05, 4.69) is 0 Å². The van der Waals surface area contributed by atoms with E-state index >= 15 is 0 Å². The molecule has 0 aliphatic carbocycles. The molecule has 0 unspecified atom stereocenters. The van der Waals surface area contributed by atoms with E-state index in [4.69, 9.17) is 15.3 Å². The number of methoxy groups -OCH3 is 1. The molecule has 1 heterocycles. The van der Waals surface area contributed by atoms with Crippen LogP contribution in [0.15, 0.2) is 48.3 Å². The highest BCUT2D eigenvalue weighted by atomic mass is 16.5. The summed E-state index contributed by atoms with van der Waals surface area (Å²) in [4.78, 5) is 0. The van der Waals surface area contributed by atoms with Crippen LogP contribution in [0.25, 0.3) is 11.8 Å². The van der Waals surface area contributed by atoms with Crippen LogP contribution in [0.2, 0.25) is 0 Å².